The van der Waals surface area contributed by atoms with Crippen molar-refractivity contribution in [2.75, 3.05) is 0 Å². The number of ether oxygens (including phenoxy) is 1. The van der Waals surface area contributed by atoms with Crippen molar-refractivity contribution in [1.82, 2.24) is 9.13 Å². The summed E-state index contributed by atoms with van der Waals surface area (Å²) in [6, 6.07) is 46.0. The Bertz CT molecular complexity index is 2360. The molecule has 40 heavy (non-hydrogen) atoms. The average molecular weight is 508 g/mol. The van der Waals surface area contributed by atoms with E-state index in [9.17, 15) is 0 Å². The average Bonchev–Trinajstić information content (AvgIpc) is 3.54. The molecule has 0 saturated carbocycles. The molecule has 0 spiro atoms. The van der Waals surface area contributed by atoms with Crippen molar-refractivity contribution < 1.29 is 4.74 Å². The summed E-state index contributed by atoms with van der Waals surface area (Å²) in [6.45, 7) is 0.132. The molecule has 0 fully saturated rings. The monoisotopic (exact) mass is 508 g/mol. The summed E-state index contributed by atoms with van der Waals surface area (Å²) in [4.78, 5) is 0. The Morgan fingerprint density at radius 2 is 1.23 bits per heavy atom. The summed E-state index contributed by atoms with van der Waals surface area (Å²) in [6.07, 6.45) is 0. The summed E-state index contributed by atoms with van der Waals surface area (Å²) in [5.74, 6) is 1.90. The number of hydrogen-bond acceptors (Lipinski definition) is 1. The van der Waals surface area contributed by atoms with E-state index in [1.807, 2.05) is 0 Å². The van der Waals surface area contributed by atoms with Crippen LogP contribution in [0.1, 0.15) is 0 Å². The summed E-state index contributed by atoms with van der Waals surface area (Å²) < 4.78 is 11.5. The highest BCUT2D eigenvalue weighted by Crippen LogP contribution is 2.44. The minimum Gasteiger partial charge on any atom is -0.458 e. The first-order valence-electron chi connectivity index (χ1n) is 13.8. The van der Waals surface area contributed by atoms with Gasteiger partial charge in [0.1, 0.15) is 11.5 Å². The highest BCUT2D eigenvalue weighted by molar-refractivity contribution is 6.99. The zero-order valence-corrected chi connectivity index (χ0v) is 21.5. The Kier molecular flexibility index (Phi) is 3.75. The second-order valence-electron chi connectivity index (χ2n) is 10.9. The van der Waals surface area contributed by atoms with E-state index >= 15 is 0 Å². The molecule has 4 heteroatoms. The molecule has 184 valence electrons. The molecular weight excluding hydrogens is 487 g/mol. The topological polar surface area (TPSA) is 19.1 Å². The van der Waals surface area contributed by atoms with Crippen molar-refractivity contribution in [3.63, 3.8) is 0 Å². The third-order valence-corrected chi connectivity index (χ3v) is 8.97. The normalized spacial score (nSPS) is 13.2. The first kappa shape index (κ1) is 20.7. The lowest BCUT2D eigenvalue weighted by Gasteiger charge is -2.32. The van der Waals surface area contributed by atoms with Gasteiger partial charge in [-0.3, -0.25) is 0 Å². The molecule has 0 atom stereocenters. The van der Waals surface area contributed by atoms with Gasteiger partial charge < -0.3 is 13.9 Å². The number of hydrogen-bond donors (Lipinski definition) is 0. The predicted octanol–water partition coefficient (Wildman–Crippen LogP) is 6.82. The Morgan fingerprint density at radius 1 is 0.475 bits per heavy atom. The van der Waals surface area contributed by atoms with Crippen LogP contribution in [-0.2, 0) is 0 Å². The minimum atomic E-state index is 0.132. The standard InChI is InChI=1S/C36H21BN2O/c1-2-10-22(11-3-1)38-28-15-7-4-12-23(28)24-18-20-30-33(35(24)38)25-19-21-32-34-36(25)39(30)29-16-8-5-13-26(29)37(34)27-14-6-9-17-31(27)40-32/h1-21H. The zero-order valence-electron chi connectivity index (χ0n) is 21.5. The maximum Gasteiger partial charge on any atom is 0.256 e. The van der Waals surface area contributed by atoms with Crippen LogP contribution in [0.15, 0.2) is 127 Å². The van der Waals surface area contributed by atoms with Crippen molar-refractivity contribution in [3.05, 3.63) is 127 Å². The van der Waals surface area contributed by atoms with Crippen molar-refractivity contribution >= 4 is 66.7 Å². The van der Waals surface area contributed by atoms with E-state index in [1.165, 1.54) is 71.4 Å². The Morgan fingerprint density at radius 3 is 2.15 bits per heavy atom. The van der Waals surface area contributed by atoms with Gasteiger partial charge in [0.05, 0.1) is 22.1 Å². The van der Waals surface area contributed by atoms with Gasteiger partial charge in [0.15, 0.2) is 0 Å². The highest BCUT2D eigenvalue weighted by Gasteiger charge is 2.40. The smallest absolute Gasteiger partial charge is 0.256 e. The molecule has 0 N–H and O–H groups in total. The molecule has 2 aromatic heterocycles. The second kappa shape index (κ2) is 7.25. The summed E-state index contributed by atoms with van der Waals surface area (Å²) >= 11 is 0. The molecule has 3 nitrogen and oxygen atoms in total. The fourth-order valence-electron chi connectivity index (χ4n) is 7.46. The van der Waals surface area contributed by atoms with Gasteiger partial charge in [0, 0.05) is 32.9 Å². The van der Waals surface area contributed by atoms with Crippen LogP contribution in [0.2, 0.25) is 0 Å². The van der Waals surface area contributed by atoms with Gasteiger partial charge in [0.25, 0.3) is 6.71 Å². The molecule has 4 heterocycles. The molecular formula is C36H21BN2O. The Labute approximate surface area is 230 Å². The zero-order chi connectivity index (χ0) is 25.9. The number of para-hydroxylation sites is 4. The van der Waals surface area contributed by atoms with Crippen LogP contribution in [0.4, 0.5) is 0 Å². The van der Waals surface area contributed by atoms with E-state index in [2.05, 4.69) is 137 Å². The van der Waals surface area contributed by atoms with Gasteiger partial charge in [-0.1, -0.05) is 78.9 Å². The summed E-state index contributed by atoms with van der Waals surface area (Å²) in [5.41, 5.74) is 11.2. The van der Waals surface area contributed by atoms with Crippen molar-refractivity contribution in [1.29, 1.82) is 0 Å². The van der Waals surface area contributed by atoms with Gasteiger partial charge in [-0.25, -0.2) is 0 Å². The van der Waals surface area contributed by atoms with Crippen molar-refractivity contribution in [2.24, 2.45) is 0 Å². The number of rotatable bonds is 1. The summed E-state index contributed by atoms with van der Waals surface area (Å²) in [7, 11) is 0. The molecule has 2 aliphatic rings. The third-order valence-electron chi connectivity index (χ3n) is 8.97. The first-order chi connectivity index (χ1) is 19.9. The van der Waals surface area contributed by atoms with E-state index in [1.54, 1.807) is 0 Å². The summed E-state index contributed by atoms with van der Waals surface area (Å²) in [5, 5.41) is 5.09. The van der Waals surface area contributed by atoms with E-state index in [0.717, 1.165) is 11.5 Å². The van der Waals surface area contributed by atoms with E-state index in [4.69, 9.17) is 4.74 Å². The number of nitrogens with zero attached hydrogens (tertiary/aromatic N) is 2. The van der Waals surface area contributed by atoms with Crippen LogP contribution in [0, 0.1) is 0 Å². The Hall–Kier alpha value is -5.22. The van der Waals surface area contributed by atoms with Crippen LogP contribution < -0.4 is 21.1 Å². The second-order valence-corrected chi connectivity index (χ2v) is 10.9. The van der Waals surface area contributed by atoms with E-state index in [-0.39, 0.29) is 6.71 Å². The van der Waals surface area contributed by atoms with Crippen LogP contribution in [0.5, 0.6) is 11.5 Å². The molecule has 0 radical (unpaired) electrons. The lowest BCUT2D eigenvalue weighted by atomic mass is 9.34. The van der Waals surface area contributed by atoms with Gasteiger partial charge in [-0.2, -0.15) is 0 Å². The lowest BCUT2D eigenvalue weighted by molar-refractivity contribution is 0.488. The van der Waals surface area contributed by atoms with Crippen LogP contribution in [0.3, 0.4) is 0 Å². The molecule has 0 saturated heterocycles. The molecule has 0 aliphatic carbocycles. The lowest BCUT2D eigenvalue weighted by Crippen LogP contribution is -2.58. The van der Waals surface area contributed by atoms with Crippen LogP contribution in [0.25, 0.3) is 55.0 Å². The number of fused-ring (bicyclic) bond motifs is 12. The molecule has 0 bridgehead atoms. The maximum absolute atomic E-state index is 6.57. The van der Waals surface area contributed by atoms with Crippen molar-refractivity contribution in [3.8, 4) is 22.9 Å². The minimum absolute atomic E-state index is 0.132. The molecule has 10 rings (SSSR count). The molecule has 0 unspecified atom stereocenters. The quantitative estimate of drug-likeness (QED) is 0.223. The Balaban J connectivity index is 1.46. The van der Waals surface area contributed by atoms with E-state index in [0.29, 0.717) is 0 Å². The first-order valence-corrected chi connectivity index (χ1v) is 13.8. The van der Waals surface area contributed by atoms with Gasteiger partial charge >= 0.3 is 0 Å². The largest absolute Gasteiger partial charge is 0.458 e. The highest BCUT2D eigenvalue weighted by atomic mass is 16.5. The molecule has 2 aliphatic heterocycles. The maximum atomic E-state index is 6.57. The van der Waals surface area contributed by atoms with E-state index < -0.39 is 0 Å². The van der Waals surface area contributed by atoms with Gasteiger partial charge in [0.2, 0.25) is 0 Å². The van der Waals surface area contributed by atoms with Gasteiger partial charge in [-0.05, 0) is 64.9 Å². The third kappa shape index (κ3) is 2.39. The van der Waals surface area contributed by atoms with Gasteiger partial charge in [-0.15, -0.1) is 0 Å². The SMILES string of the molecule is c1ccc(-n2c3ccccc3c3ccc4c(c5ccc6c7c5n4-c4ccccc4B7c4ccccc4O6)c32)cc1. The molecule has 0 amide bonds. The fourth-order valence-corrected chi connectivity index (χ4v) is 7.46. The fraction of sp³-hybridized carbons (Fsp3) is 0. The predicted molar refractivity (Wildman–Crippen MR) is 166 cm³/mol. The van der Waals surface area contributed by atoms with Crippen LogP contribution >= 0.6 is 0 Å². The molecule has 6 aromatic carbocycles. The van der Waals surface area contributed by atoms with Crippen LogP contribution in [-0.4, -0.2) is 15.8 Å². The van der Waals surface area contributed by atoms with Crippen molar-refractivity contribution in [2.45, 2.75) is 0 Å². The number of aromatic nitrogens is 2. The number of benzene rings is 6. The molecule has 8 aromatic rings.